The van der Waals surface area contributed by atoms with Gasteiger partial charge in [-0.1, -0.05) is 25.0 Å². The highest BCUT2D eigenvalue weighted by molar-refractivity contribution is 5.87. The second-order valence-corrected chi connectivity index (χ2v) is 6.37. The van der Waals surface area contributed by atoms with Gasteiger partial charge in [0.15, 0.2) is 0 Å². The van der Waals surface area contributed by atoms with Crippen LogP contribution in [-0.4, -0.2) is 35.1 Å². The average Bonchev–Trinajstić information content (AvgIpc) is 2.97. The van der Waals surface area contributed by atoms with Crippen LogP contribution in [0, 0.1) is 11.8 Å². The first-order valence-electron chi connectivity index (χ1n) is 7.98. The molecule has 2 aliphatic rings. The standard InChI is InChI=1S/C17H22N2O3/c20-16(21)13-7-5-12(6-8-13)9-18-17(22)19-10-14-3-1-2-4-15(14)11-19/h5-8,14-15H,1-4,9-11H2,(H,18,22)(H,20,21)/t14-,15+. The molecule has 1 saturated carbocycles. The van der Waals surface area contributed by atoms with E-state index in [-0.39, 0.29) is 11.6 Å². The van der Waals surface area contributed by atoms with Gasteiger partial charge in [0.05, 0.1) is 5.56 Å². The topological polar surface area (TPSA) is 69.6 Å². The molecular weight excluding hydrogens is 280 g/mol. The molecule has 0 aromatic heterocycles. The van der Waals surface area contributed by atoms with E-state index in [1.54, 1.807) is 24.3 Å². The predicted molar refractivity (Wildman–Crippen MR) is 82.7 cm³/mol. The molecule has 2 atom stereocenters. The Morgan fingerprint density at radius 2 is 1.68 bits per heavy atom. The summed E-state index contributed by atoms with van der Waals surface area (Å²) in [6, 6.07) is 6.61. The Morgan fingerprint density at radius 1 is 1.09 bits per heavy atom. The molecular formula is C17H22N2O3. The second kappa shape index (κ2) is 6.38. The minimum atomic E-state index is -0.935. The largest absolute Gasteiger partial charge is 0.478 e. The van der Waals surface area contributed by atoms with Crippen LogP contribution in [0.4, 0.5) is 4.79 Å². The Hall–Kier alpha value is -2.04. The molecule has 1 aliphatic carbocycles. The van der Waals surface area contributed by atoms with Gasteiger partial charge < -0.3 is 15.3 Å². The lowest BCUT2D eigenvalue weighted by Crippen LogP contribution is -2.38. The first kappa shape index (κ1) is 14.9. The normalized spacial score (nSPS) is 23.9. The van der Waals surface area contributed by atoms with Crippen molar-refractivity contribution in [2.45, 2.75) is 32.2 Å². The zero-order valence-electron chi connectivity index (χ0n) is 12.6. The molecule has 3 rings (SSSR count). The lowest BCUT2D eigenvalue weighted by atomic mass is 9.82. The molecule has 22 heavy (non-hydrogen) atoms. The maximum atomic E-state index is 12.3. The molecule has 0 bridgehead atoms. The summed E-state index contributed by atoms with van der Waals surface area (Å²) in [6.45, 7) is 2.20. The predicted octanol–water partition coefficient (Wildman–Crippen LogP) is 2.72. The molecule has 1 saturated heterocycles. The van der Waals surface area contributed by atoms with Crippen molar-refractivity contribution in [3.63, 3.8) is 0 Å². The Kier molecular flexibility index (Phi) is 4.32. The summed E-state index contributed by atoms with van der Waals surface area (Å²) in [5, 5.41) is 11.8. The van der Waals surface area contributed by atoms with Gasteiger partial charge in [-0.25, -0.2) is 9.59 Å². The molecule has 2 fully saturated rings. The minimum Gasteiger partial charge on any atom is -0.478 e. The fraction of sp³-hybridized carbons (Fsp3) is 0.529. The van der Waals surface area contributed by atoms with Gasteiger partial charge in [-0.2, -0.15) is 0 Å². The number of carbonyl (C=O) groups excluding carboxylic acids is 1. The fourth-order valence-electron chi connectivity index (χ4n) is 3.63. The lowest BCUT2D eigenvalue weighted by Gasteiger charge is -2.22. The monoisotopic (exact) mass is 302 g/mol. The number of nitrogens with one attached hydrogen (secondary N) is 1. The SMILES string of the molecule is O=C(O)c1ccc(CNC(=O)N2C[C@H]3CCCC[C@H]3C2)cc1. The van der Waals surface area contributed by atoms with Crippen LogP contribution in [0.2, 0.25) is 0 Å². The smallest absolute Gasteiger partial charge is 0.335 e. The van der Waals surface area contributed by atoms with Crippen LogP contribution >= 0.6 is 0 Å². The van der Waals surface area contributed by atoms with E-state index in [9.17, 15) is 9.59 Å². The number of hydrogen-bond acceptors (Lipinski definition) is 2. The maximum Gasteiger partial charge on any atom is 0.335 e. The van der Waals surface area contributed by atoms with Gasteiger partial charge in [0.2, 0.25) is 0 Å². The highest BCUT2D eigenvalue weighted by atomic mass is 16.4. The third-order valence-electron chi connectivity index (χ3n) is 4.91. The van der Waals surface area contributed by atoms with Crippen LogP contribution in [0.5, 0.6) is 0 Å². The van der Waals surface area contributed by atoms with Crippen molar-refractivity contribution in [1.82, 2.24) is 10.2 Å². The van der Waals surface area contributed by atoms with Crippen LogP contribution in [0.3, 0.4) is 0 Å². The number of aromatic carboxylic acids is 1. The molecule has 1 aromatic rings. The number of benzene rings is 1. The summed E-state index contributed by atoms with van der Waals surface area (Å²) in [6.07, 6.45) is 5.11. The van der Waals surface area contributed by atoms with Crippen molar-refractivity contribution < 1.29 is 14.7 Å². The first-order valence-corrected chi connectivity index (χ1v) is 7.98. The molecule has 0 spiro atoms. The summed E-state index contributed by atoms with van der Waals surface area (Å²) >= 11 is 0. The number of carboxylic acids is 1. The van der Waals surface area contributed by atoms with Crippen LogP contribution in [0.15, 0.2) is 24.3 Å². The van der Waals surface area contributed by atoms with Crippen molar-refractivity contribution in [2.75, 3.05) is 13.1 Å². The van der Waals surface area contributed by atoms with Gasteiger partial charge in [0, 0.05) is 19.6 Å². The summed E-state index contributed by atoms with van der Waals surface area (Å²) in [4.78, 5) is 25.0. The summed E-state index contributed by atoms with van der Waals surface area (Å²) in [5.41, 5.74) is 1.17. The molecule has 2 N–H and O–H groups in total. The number of likely N-dealkylation sites (tertiary alicyclic amines) is 1. The third kappa shape index (κ3) is 3.24. The van der Waals surface area contributed by atoms with E-state index in [2.05, 4.69) is 5.32 Å². The van der Waals surface area contributed by atoms with Gasteiger partial charge in [-0.15, -0.1) is 0 Å². The van der Waals surface area contributed by atoms with E-state index in [0.29, 0.717) is 18.4 Å². The van der Waals surface area contributed by atoms with Crippen LogP contribution in [-0.2, 0) is 6.54 Å². The number of amides is 2. The minimum absolute atomic E-state index is 0.00305. The van der Waals surface area contributed by atoms with Crippen LogP contribution in [0.1, 0.15) is 41.6 Å². The highest BCUT2D eigenvalue weighted by Gasteiger charge is 2.36. The molecule has 1 aromatic carbocycles. The van der Waals surface area contributed by atoms with Crippen molar-refractivity contribution in [2.24, 2.45) is 11.8 Å². The number of rotatable bonds is 3. The van der Waals surface area contributed by atoms with Crippen molar-refractivity contribution in [1.29, 1.82) is 0 Å². The van der Waals surface area contributed by atoms with E-state index in [1.807, 2.05) is 4.90 Å². The molecule has 1 aliphatic heterocycles. The quantitative estimate of drug-likeness (QED) is 0.902. The summed E-state index contributed by atoms with van der Waals surface area (Å²) < 4.78 is 0. The number of urea groups is 1. The average molecular weight is 302 g/mol. The van der Waals surface area contributed by atoms with Crippen LogP contribution in [0.25, 0.3) is 0 Å². The number of carbonyl (C=O) groups is 2. The van der Waals surface area contributed by atoms with Crippen molar-refractivity contribution in [3.05, 3.63) is 35.4 Å². The lowest BCUT2D eigenvalue weighted by molar-refractivity contribution is 0.0697. The summed E-state index contributed by atoms with van der Waals surface area (Å²) in [5.74, 6) is 0.443. The van der Waals surface area contributed by atoms with E-state index < -0.39 is 5.97 Å². The highest BCUT2D eigenvalue weighted by Crippen LogP contribution is 2.35. The Labute approximate surface area is 130 Å². The van der Waals surface area contributed by atoms with Gasteiger partial charge in [0.1, 0.15) is 0 Å². The zero-order valence-corrected chi connectivity index (χ0v) is 12.6. The number of hydrogen-bond donors (Lipinski definition) is 2. The Balaban J connectivity index is 1.51. The molecule has 2 amide bonds. The van der Waals surface area contributed by atoms with Gasteiger partial charge in [0.25, 0.3) is 0 Å². The van der Waals surface area contributed by atoms with Crippen molar-refractivity contribution >= 4 is 12.0 Å². The van der Waals surface area contributed by atoms with E-state index in [4.69, 9.17) is 5.11 Å². The molecule has 118 valence electrons. The number of fused-ring (bicyclic) bond motifs is 1. The van der Waals surface area contributed by atoms with Gasteiger partial charge >= 0.3 is 12.0 Å². The fourth-order valence-corrected chi connectivity index (χ4v) is 3.63. The molecule has 5 nitrogen and oxygen atoms in total. The molecule has 0 radical (unpaired) electrons. The first-order chi connectivity index (χ1) is 10.6. The number of carboxylic acid groups (broad SMARTS) is 1. The third-order valence-corrected chi connectivity index (χ3v) is 4.91. The second-order valence-electron chi connectivity index (χ2n) is 6.37. The van der Waals surface area contributed by atoms with Crippen molar-refractivity contribution in [3.8, 4) is 0 Å². The molecule has 0 unspecified atom stereocenters. The Morgan fingerprint density at radius 3 is 2.23 bits per heavy atom. The maximum absolute atomic E-state index is 12.3. The van der Waals surface area contributed by atoms with Crippen LogP contribution < -0.4 is 5.32 Å². The van der Waals surface area contributed by atoms with Gasteiger partial charge in [-0.3, -0.25) is 0 Å². The molecule has 1 heterocycles. The van der Waals surface area contributed by atoms with E-state index in [0.717, 1.165) is 18.7 Å². The Bertz CT molecular complexity index is 542. The van der Waals surface area contributed by atoms with Gasteiger partial charge in [-0.05, 0) is 42.4 Å². The molecule has 5 heteroatoms. The van der Waals surface area contributed by atoms with E-state index in [1.165, 1.54) is 25.7 Å². The zero-order chi connectivity index (χ0) is 15.5. The van der Waals surface area contributed by atoms with E-state index >= 15 is 0 Å². The summed E-state index contributed by atoms with van der Waals surface area (Å²) in [7, 11) is 0. The number of nitrogens with zero attached hydrogens (tertiary/aromatic N) is 1.